The van der Waals surface area contributed by atoms with Crippen molar-refractivity contribution in [3.63, 3.8) is 0 Å². The first-order valence-corrected chi connectivity index (χ1v) is 6.45. The molecule has 0 saturated carbocycles. The van der Waals surface area contributed by atoms with Gasteiger partial charge in [0, 0.05) is 10.5 Å². The number of allylic oxidation sites excluding steroid dienone is 1. The normalized spacial score (nSPS) is 11.6. The van der Waals surface area contributed by atoms with Crippen molar-refractivity contribution in [2.45, 2.75) is 0 Å². The Bertz CT molecular complexity index is 604. The molecule has 2 rings (SSSR count). The van der Waals surface area contributed by atoms with Crippen LogP contribution in [0.25, 0.3) is 5.57 Å². The molecule has 96 valence electrons. The Labute approximate surface area is 114 Å². The number of thiophene rings is 1. The minimum absolute atomic E-state index is 0.168. The molecule has 0 fully saturated rings. The number of carbonyl (C=O) groups is 2. The Kier molecular flexibility index (Phi) is 4.10. The number of amides is 2. The average molecular weight is 272 g/mol. The summed E-state index contributed by atoms with van der Waals surface area (Å²) < 4.78 is 0. The van der Waals surface area contributed by atoms with Crippen molar-refractivity contribution >= 4 is 29.2 Å². The lowest BCUT2D eigenvalue weighted by Gasteiger charge is -2.10. The topological polar surface area (TPSA) is 72.2 Å². The fourth-order valence-corrected chi connectivity index (χ4v) is 2.55. The molecule has 0 radical (unpaired) electrons. The highest BCUT2D eigenvalue weighted by atomic mass is 32.1. The molecule has 0 saturated heterocycles. The smallest absolute Gasteiger partial charge is 0.316 e. The summed E-state index contributed by atoms with van der Waals surface area (Å²) in [6.07, 6.45) is 0.604. The lowest BCUT2D eigenvalue weighted by Crippen LogP contribution is -2.30. The van der Waals surface area contributed by atoms with E-state index in [0.29, 0.717) is 11.9 Å². The summed E-state index contributed by atoms with van der Waals surface area (Å²) >= 11 is 1.49. The second-order valence-electron chi connectivity index (χ2n) is 3.74. The number of aldehydes is 1. The van der Waals surface area contributed by atoms with E-state index in [1.165, 1.54) is 11.3 Å². The van der Waals surface area contributed by atoms with Gasteiger partial charge in [-0.05, 0) is 17.0 Å². The van der Waals surface area contributed by atoms with Crippen LogP contribution in [0.1, 0.15) is 10.4 Å². The Morgan fingerprint density at radius 2 is 1.89 bits per heavy atom. The number of hydrogen-bond donors (Lipinski definition) is 2. The SMILES string of the molecule is NC(=O)NC(C=O)=C(c1ccccc1)c1cccs1. The first-order valence-electron chi connectivity index (χ1n) is 5.57. The van der Waals surface area contributed by atoms with Crippen LogP contribution in [-0.2, 0) is 4.79 Å². The number of rotatable bonds is 4. The van der Waals surface area contributed by atoms with Gasteiger partial charge in [-0.3, -0.25) is 4.79 Å². The molecular weight excluding hydrogens is 260 g/mol. The van der Waals surface area contributed by atoms with Crippen molar-refractivity contribution < 1.29 is 9.59 Å². The van der Waals surface area contributed by atoms with Crippen LogP contribution >= 0.6 is 11.3 Å². The van der Waals surface area contributed by atoms with Crippen LogP contribution in [0.4, 0.5) is 4.79 Å². The molecule has 1 aromatic carbocycles. The second-order valence-corrected chi connectivity index (χ2v) is 4.69. The minimum atomic E-state index is -0.757. The van der Waals surface area contributed by atoms with E-state index in [-0.39, 0.29) is 5.70 Å². The molecule has 1 aromatic heterocycles. The van der Waals surface area contributed by atoms with Crippen LogP contribution < -0.4 is 11.1 Å². The van der Waals surface area contributed by atoms with Gasteiger partial charge in [0.15, 0.2) is 6.29 Å². The standard InChI is InChI=1S/C14H12N2O2S/c15-14(18)16-11(9-17)13(12-7-4-8-19-12)10-5-2-1-3-6-10/h1-9H,(H3,15,16,18). The molecule has 3 N–H and O–H groups in total. The van der Waals surface area contributed by atoms with Gasteiger partial charge in [-0.2, -0.15) is 0 Å². The van der Waals surface area contributed by atoms with Crippen molar-refractivity contribution in [2.24, 2.45) is 5.73 Å². The van der Waals surface area contributed by atoms with Gasteiger partial charge >= 0.3 is 6.03 Å². The van der Waals surface area contributed by atoms with Crippen LogP contribution in [0.5, 0.6) is 0 Å². The number of primary amides is 1. The maximum absolute atomic E-state index is 11.2. The molecule has 19 heavy (non-hydrogen) atoms. The lowest BCUT2D eigenvalue weighted by molar-refractivity contribution is -0.105. The van der Waals surface area contributed by atoms with Crippen LogP contribution in [0.3, 0.4) is 0 Å². The Balaban J connectivity index is 2.60. The largest absolute Gasteiger partial charge is 0.351 e. The molecule has 4 nitrogen and oxygen atoms in total. The van der Waals surface area contributed by atoms with Crippen molar-refractivity contribution in [3.05, 3.63) is 64.0 Å². The maximum Gasteiger partial charge on any atom is 0.316 e. The van der Waals surface area contributed by atoms with Gasteiger partial charge in [0.2, 0.25) is 0 Å². The Morgan fingerprint density at radius 1 is 1.16 bits per heavy atom. The van der Waals surface area contributed by atoms with E-state index in [1.54, 1.807) is 0 Å². The highest BCUT2D eigenvalue weighted by Gasteiger charge is 2.13. The second kappa shape index (κ2) is 5.97. The average Bonchev–Trinajstić information content (AvgIpc) is 2.92. The zero-order chi connectivity index (χ0) is 13.7. The lowest BCUT2D eigenvalue weighted by atomic mass is 10.0. The van der Waals surface area contributed by atoms with E-state index in [2.05, 4.69) is 5.32 Å². The summed E-state index contributed by atoms with van der Waals surface area (Å²) in [4.78, 5) is 23.1. The van der Waals surface area contributed by atoms with E-state index < -0.39 is 6.03 Å². The number of benzene rings is 1. The first-order chi connectivity index (χ1) is 9.22. The summed E-state index contributed by atoms with van der Waals surface area (Å²) in [5.41, 5.74) is 6.78. The van der Waals surface area contributed by atoms with Crippen LogP contribution in [0.15, 0.2) is 53.5 Å². The van der Waals surface area contributed by atoms with Gasteiger partial charge < -0.3 is 11.1 Å². The molecule has 0 aliphatic rings. The van der Waals surface area contributed by atoms with Gasteiger partial charge in [-0.1, -0.05) is 36.4 Å². The third-order valence-electron chi connectivity index (χ3n) is 2.48. The van der Waals surface area contributed by atoms with Gasteiger partial charge in [-0.15, -0.1) is 11.3 Å². The van der Waals surface area contributed by atoms with E-state index in [9.17, 15) is 9.59 Å². The van der Waals surface area contributed by atoms with Crippen LogP contribution in [0.2, 0.25) is 0 Å². The van der Waals surface area contributed by atoms with Crippen molar-refractivity contribution in [3.8, 4) is 0 Å². The number of urea groups is 1. The first kappa shape index (κ1) is 13.0. The fourth-order valence-electron chi connectivity index (χ4n) is 1.74. The minimum Gasteiger partial charge on any atom is -0.351 e. The predicted molar refractivity (Wildman–Crippen MR) is 75.6 cm³/mol. The summed E-state index contributed by atoms with van der Waals surface area (Å²) in [6, 6.07) is 12.4. The monoisotopic (exact) mass is 272 g/mol. The number of hydrogen-bond acceptors (Lipinski definition) is 3. The zero-order valence-electron chi connectivity index (χ0n) is 10.00. The number of nitrogens with one attached hydrogen (secondary N) is 1. The fraction of sp³-hybridized carbons (Fsp3) is 0. The summed E-state index contributed by atoms with van der Waals surface area (Å²) in [7, 11) is 0. The molecule has 1 heterocycles. The van der Waals surface area contributed by atoms with Crippen LogP contribution in [0, 0.1) is 0 Å². The van der Waals surface area contributed by atoms with Gasteiger partial charge in [0.1, 0.15) is 0 Å². The quantitative estimate of drug-likeness (QED) is 0.662. The molecule has 2 aromatic rings. The Hall–Kier alpha value is -2.40. The van der Waals surface area contributed by atoms with E-state index in [0.717, 1.165) is 10.4 Å². The van der Waals surface area contributed by atoms with Gasteiger partial charge in [-0.25, -0.2) is 4.79 Å². The third kappa shape index (κ3) is 3.08. The van der Waals surface area contributed by atoms with Crippen LogP contribution in [-0.4, -0.2) is 12.3 Å². The molecule has 0 atom stereocenters. The highest BCUT2D eigenvalue weighted by molar-refractivity contribution is 7.11. The zero-order valence-corrected chi connectivity index (χ0v) is 10.8. The number of carbonyl (C=O) groups excluding carboxylic acids is 2. The maximum atomic E-state index is 11.2. The summed E-state index contributed by atoms with van der Waals surface area (Å²) in [5, 5.41) is 4.28. The summed E-state index contributed by atoms with van der Waals surface area (Å²) in [6.45, 7) is 0. The van der Waals surface area contributed by atoms with E-state index >= 15 is 0 Å². The van der Waals surface area contributed by atoms with E-state index in [4.69, 9.17) is 5.73 Å². The van der Waals surface area contributed by atoms with Gasteiger partial charge in [0.25, 0.3) is 0 Å². The molecular formula is C14H12N2O2S. The van der Waals surface area contributed by atoms with E-state index in [1.807, 2.05) is 47.8 Å². The Morgan fingerprint density at radius 3 is 2.42 bits per heavy atom. The summed E-state index contributed by atoms with van der Waals surface area (Å²) in [5.74, 6) is 0. The molecule has 2 amide bonds. The predicted octanol–water partition coefficient (Wildman–Crippen LogP) is 2.37. The third-order valence-corrected chi connectivity index (χ3v) is 3.36. The molecule has 0 spiro atoms. The number of nitrogens with two attached hydrogens (primary N) is 1. The molecule has 0 bridgehead atoms. The highest BCUT2D eigenvalue weighted by Crippen LogP contribution is 2.28. The van der Waals surface area contributed by atoms with Crippen molar-refractivity contribution in [1.82, 2.24) is 5.32 Å². The molecule has 5 heteroatoms. The van der Waals surface area contributed by atoms with Crippen molar-refractivity contribution in [2.75, 3.05) is 0 Å². The molecule has 0 aliphatic heterocycles. The van der Waals surface area contributed by atoms with Crippen molar-refractivity contribution in [1.29, 1.82) is 0 Å². The molecule has 0 aliphatic carbocycles. The molecule has 0 unspecified atom stereocenters. The van der Waals surface area contributed by atoms with Gasteiger partial charge in [0.05, 0.1) is 5.70 Å².